The first-order valence-corrected chi connectivity index (χ1v) is 8.30. The molecule has 0 unspecified atom stereocenters. The first-order chi connectivity index (χ1) is 12.5. The van der Waals surface area contributed by atoms with Gasteiger partial charge in [0.25, 0.3) is 0 Å². The lowest BCUT2D eigenvalue weighted by Gasteiger charge is -2.12. The van der Waals surface area contributed by atoms with E-state index in [9.17, 15) is 14.4 Å². The highest BCUT2D eigenvalue weighted by Crippen LogP contribution is 2.26. The zero-order chi connectivity index (χ0) is 18.9. The average molecular weight is 356 g/mol. The first kappa shape index (κ1) is 19.2. The third-order valence-electron chi connectivity index (χ3n) is 3.42. The monoisotopic (exact) mass is 356 g/mol. The van der Waals surface area contributed by atoms with Gasteiger partial charge in [-0.1, -0.05) is 44.2 Å². The first-order valence-electron chi connectivity index (χ1n) is 8.30. The molecule has 0 fully saturated rings. The van der Waals surface area contributed by atoms with Crippen LogP contribution in [0.25, 0.3) is 0 Å². The highest BCUT2D eigenvalue weighted by molar-refractivity contribution is 5.94. The van der Waals surface area contributed by atoms with E-state index in [1.807, 2.05) is 30.3 Å². The molecule has 6 heteroatoms. The van der Waals surface area contributed by atoms with Crippen molar-refractivity contribution in [1.82, 2.24) is 0 Å². The molecule has 0 aliphatic carbocycles. The van der Waals surface area contributed by atoms with Gasteiger partial charge in [0.15, 0.2) is 0 Å². The highest BCUT2D eigenvalue weighted by atomic mass is 16.6. The second-order valence-corrected chi connectivity index (χ2v) is 5.37. The van der Waals surface area contributed by atoms with Crippen LogP contribution in [-0.4, -0.2) is 17.9 Å². The second kappa shape index (κ2) is 9.36. The summed E-state index contributed by atoms with van der Waals surface area (Å²) >= 11 is 0. The largest absolute Gasteiger partial charge is 0.457 e. The molecule has 2 aromatic carbocycles. The Morgan fingerprint density at radius 1 is 0.846 bits per heavy atom. The molecular formula is C20H20O6. The summed E-state index contributed by atoms with van der Waals surface area (Å²) in [6.07, 6.45) is 0.353. The molecule has 0 spiro atoms. The number of hydrogen-bond donors (Lipinski definition) is 0. The van der Waals surface area contributed by atoms with E-state index in [0.717, 1.165) is 5.56 Å². The maximum absolute atomic E-state index is 12.5. The van der Waals surface area contributed by atoms with E-state index in [4.69, 9.17) is 14.2 Å². The molecule has 6 nitrogen and oxygen atoms in total. The van der Waals surface area contributed by atoms with Crippen molar-refractivity contribution in [2.75, 3.05) is 0 Å². The van der Waals surface area contributed by atoms with Crippen molar-refractivity contribution in [1.29, 1.82) is 0 Å². The van der Waals surface area contributed by atoms with E-state index >= 15 is 0 Å². The number of carbonyl (C=O) groups excluding carboxylic acids is 3. The molecule has 0 saturated carbocycles. The highest BCUT2D eigenvalue weighted by Gasteiger charge is 2.18. The minimum atomic E-state index is -0.679. The van der Waals surface area contributed by atoms with Crippen LogP contribution in [0.2, 0.25) is 0 Å². The van der Waals surface area contributed by atoms with Gasteiger partial charge >= 0.3 is 17.9 Å². The number of ether oxygens (including phenoxy) is 3. The van der Waals surface area contributed by atoms with Gasteiger partial charge in [0, 0.05) is 12.8 Å². The quantitative estimate of drug-likeness (QED) is 0.556. The predicted octanol–water partition coefficient (Wildman–Crippen LogP) is 3.67. The van der Waals surface area contributed by atoms with Crippen molar-refractivity contribution in [3.05, 3.63) is 59.7 Å². The number of benzene rings is 2. The predicted molar refractivity (Wildman–Crippen MR) is 93.9 cm³/mol. The van der Waals surface area contributed by atoms with E-state index < -0.39 is 17.9 Å². The van der Waals surface area contributed by atoms with Gasteiger partial charge in [-0.15, -0.1) is 0 Å². The minimum Gasteiger partial charge on any atom is -0.457 e. The zero-order valence-corrected chi connectivity index (χ0v) is 14.7. The van der Waals surface area contributed by atoms with Crippen LogP contribution in [0.4, 0.5) is 0 Å². The van der Waals surface area contributed by atoms with Crippen molar-refractivity contribution >= 4 is 17.9 Å². The molecule has 0 saturated heterocycles. The Bertz CT molecular complexity index is 782. The van der Waals surface area contributed by atoms with Crippen LogP contribution in [0.15, 0.2) is 48.5 Å². The van der Waals surface area contributed by atoms with Crippen molar-refractivity contribution in [2.45, 2.75) is 33.3 Å². The Labute approximate surface area is 151 Å². The summed E-state index contributed by atoms with van der Waals surface area (Å²) in [4.78, 5) is 35.5. The van der Waals surface area contributed by atoms with Crippen molar-refractivity contribution in [2.24, 2.45) is 0 Å². The summed E-state index contributed by atoms with van der Waals surface area (Å²) in [6, 6.07) is 13.4. The lowest BCUT2D eigenvalue weighted by atomic mass is 10.2. The van der Waals surface area contributed by atoms with Crippen molar-refractivity contribution in [3.63, 3.8) is 0 Å². The molecule has 0 N–H and O–H groups in total. The standard InChI is InChI=1S/C20H20O6/c1-3-18(21)25-15-10-11-17(26-19(22)4-2)16(12-15)20(23)24-13-14-8-6-5-7-9-14/h5-12H,3-4,13H2,1-2H3. The normalized spacial score (nSPS) is 10.1. The molecule has 0 radical (unpaired) electrons. The number of esters is 3. The molecule has 2 rings (SSSR count). The van der Waals surface area contributed by atoms with E-state index in [1.165, 1.54) is 18.2 Å². The number of carbonyl (C=O) groups is 3. The third-order valence-corrected chi connectivity index (χ3v) is 3.42. The molecular weight excluding hydrogens is 336 g/mol. The summed E-state index contributed by atoms with van der Waals surface area (Å²) in [5.41, 5.74) is 0.839. The Hall–Kier alpha value is -3.15. The topological polar surface area (TPSA) is 78.9 Å². The summed E-state index contributed by atoms with van der Waals surface area (Å²) in [7, 11) is 0. The molecule has 0 aromatic heterocycles. The van der Waals surface area contributed by atoms with Crippen LogP contribution in [-0.2, 0) is 20.9 Å². The Morgan fingerprint density at radius 2 is 1.50 bits per heavy atom. The minimum absolute atomic E-state index is 0.0177. The summed E-state index contributed by atoms with van der Waals surface area (Å²) < 4.78 is 15.6. The van der Waals surface area contributed by atoms with Crippen LogP contribution in [0.1, 0.15) is 42.6 Å². The molecule has 0 aliphatic rings. The van der Waals surface area contributed by atoms with Crippen molar-refractivity contribution in [3.8, 4) is 11.5 Å². The van der Waals surface area contributed by atoms with Crippen LogP contribution in [0.5, 0.6) is 11.5 Å². The fourth-order valence-electron chi connectivity index (χ4n) is 2.02. The molecule has 0 aliphatic heterocycles. The zero-order valence-electron chi connectivity index (χ0n) is 14.7. The molecule has 2 aromatic rings. The van der Waals surface area contributed by atoms with E-state index in [0.29, 0.717) is 0 Å². The summed E-state index contributed by atoms with van der Waals surface area (Å²) in [5.74, 6) is -1.36. The SMILES string of the molecule is CCC(=O)Oc1ccc(OC(=O)CC)c(C(=O)OCc2ccccc2)c1. The number of hydrogen-bond acceptors (Lipinski definition) is 6. The molecule has 136 valence electrons. The molecule has 0 bridgehead atoms. The van der Waals surface area contributed by atoms with Gasteiger partial charge in [0.2, 0.25) is 0 Å². The van der Waals surface area contributed by atoms with E-state index in [1.54, 1.807) is 13.8 Å². The molecule has 0 heterocycles. The summed E-state index contributed by atoms with van der Waals surface area (Å²) in [6.45, 7) is 3.38. The van der Waals surface area contributed by atoms with Gasteiger partial charge in [-0.2, -0.15) is 0 Å². The van der Waals surface area contributed by atoms with Gasteiger partial charge in [0.1, 0.15) is 23.7 Å². The lowest BCUT2D eigenvalue weighted by molar-refractivity contribution is -0.135. The van der Waals surface area contributed by atoms with Crippen LogP contribution < -0.4 is 9.47 Å². The Morgan fingerprint density at radius 3 is 2.15 bits per heavy atom. The van der Waals surface area contributed by atoms with Gasteiger partial charge in [0.05, 0.1) is 0 Å². The van der Waals surface area contributed by atoms with E-state index in [2.05, 4.69) is 0 Å². The second-order valence-electron chi connectivity index (χ2n) is 5.37. The Kier molecular flexibility index (Phi) is 6.91. The maximum atomic E-state index is 12.5. The van der Waals surface area contributed by atoms with Crippen LogP contribution in [0.3, 0.4) is 0 Å². The lowest BCUT2D eigenvalue weighted by Crippen LogP contribution is -2.13. The van der Waals surface area contributed by atoms with Gasteiger partial charge in [-0.05, 0) is 23.8 Å². The van der Waals surface area contributed by atoms with Crippen LogP contribution in [0, 0.1) is 0 Å². The number of rotatable bonds is 7. The smallest absolute Gasteiger partial charge is 0.342 e. The Balaban J connectivity index is 2.22. The molecule has 26 heavy (non-hydrogen) atoms. The average Bonchev–Trinajstić information content (AvgIpc) is 2.67. The van der Waals surface area contributed by atoms with Gasteiger partial charge < -0.3 is 14.2 Å². The molecule has 0 amide bonds. The fraction of sp³-hybridized carbons (Fsp3) is 0.250. The molecule has 0 atom stereocenters. The van der Waals surface area contributed by atoms with Gasteiger partial charge in [-0.3, -0.25) is 9.59 Å². The van der Waals surface area contributed by atoms with E-state index in [-0.39, 0.29) is 36.5 Å². The van der Waals surface area contributed by atoms with Crippen molar-refractivity contribution < 1.29 is 28.6 Å². The summed E-state index contributed by atoms with van der Waals surface area (Å²) in [5, 5.41) is 0. The third kappa shape index (κ3) is 5.44. The van der Waals surface area contributed by atoms with Gasteiger partial charge in [-0.25, -0.2) is 4.79 Å². The van der Waals surface area contributed by atoms with Crippen LogP contribution >= 0.6 is 0 Å². The fourth-order valence-corrected chi connectivity index (χ4v) is 2.02. The maximum Gasteiger partial charge on any atom is 0.342 e.